The zero-order chi connectivity index (χ0) is 19.2. The number of nitrogens with zero attached hydrogens (tertiary/aromatic N) is 1. The van der Waals surface area contributed by atoms with E-state index in [-0.39, 0.29) is 19.0 Å². The molecule has 1 heterocycles. The van der Waals surface area contributed by atoms with Crippen molar-refractivity contribution in [3.8, 4) is 0 Å². The van der Waals surface area contributed by atoms with Gasteiger partial charge in [0.1, 0.15) is 12.6 Å². The number of carbonyl (C=O) groups is 3. The van der Waals surface area contributed by atoms with Crippen LogP contribution in [0.1, 0.15) is 30.9 Å². The summed E-state index contributed by atoms with van der Waals surface area (Å²) in [4.78, 5) is 36.9. The molecule has 2 aromatic carbocycles. The number of amides is 1. The third-order valence-corrected chi connectivity index (χ3v) is 4.43. The molecule has 1 aliphatic heterocycles. The second-order valence-corrected chi connectivity index (χ2v) is 6.36. The van der Waals surface area contributed by atoms with Gasteiger partial charge < -0.3 is 9.47 Å². The van der Waals surface area contributed by atoms with Crippen LogP contribution in [0.3, 0.4) is 0 Å². The Morgan fingerprint density at radius 3 is 2.48 bits per heavy atom. The van der Waals surface area contributed by atoms with E-state index in [4.69, 9.17) is 4.74 Å². The van der Waals surface area contributed by atoms with Gasteiger partial charge in [-0.15, -0.1) is 0 Å². The molecule has 1 saturated heterocycles. The molecule has 140 valence electrons. The van der Waals surface area contributed by atoms with Crippen molar-refractivity contribution in [3.63, 3.8) is 0 Å². The van der Waals surface area contributed by atoms with E-state index in [1.54, 1.807) is 19.1 Å². The molecule has 27 heavy (non-hydrogen) atoms. The Kier molecular flexibility index (Phi) is 5.86. The Bertz CT molecular complexity index is 833. The van der Waals surface area contributed by atoms with Gasteiger partial charge in [-0.2, -0.15) is 0 Å². The molecule has 2 aromatic rings. The zero-order valence-corrected chi connectivity index (χ0v) is 15.1. The lowest BCUT2D eigenvalue weighted by Gasteiger charge is -2.20. The molecule has 0 N–H and O–H groups in total. The number of benzene rings is 2. The van der Waals surface area contributed by atoms with Crippen LogP contribution >= 0.6 is 0 Å². The van der Waals surface area contributed by atoms with Crippen molar-refractivity contribution in [2.75, 3.05) is 4.90 Å². The summed E-state index contributed by atoms with van der Waals surface area (Å²) in [5.74, 6) is -0.820. The quantitative estimate of drug-likeness (QED) is 0.552. The van der Waals surface area contributed by atoms with Gasteiger partial charge >= 0.3 is 18.0 Å². The fourth-order valence-corrected chi connectivity index (χ4v) is 2.98. The van der Waals surface area contributed by atoms with Crippen LogP contribution in [-0.2, 0) is 32.1 Å². The van der Waals surface area contributed by atoms with Crippen LogP contribution < -0.4 is 4.90 Å². The first kappa shape index (κ1) is 18.6. The highest BCUT2D eigenvalue weighted by atomic mass is 16.6. The van der Waals surface area contributed by atoms with Crippen LogP contribution in [-0.4, -0.2) is 24.1 Å². The summed E-state index contributed by atoms with van der Waals surface area (Å²) in [6, 6.07) is 16.2. The number of rotatable bonds is 7. The van der Waals surface area contributed by atoms with E-state index < -0.39 is 18.1 Å². The predicted octanol–water partition coefficient (Wildman–Crippen LogP) is 3.62. The molecule has 1 unspecified atom stereocenters. The molecular formula is C21H21NO5. The van der Waals surface area contributed by atoms with E-state index in [1.165, 1.54) is 4.90 Å². The van der Waals surface area contributed by atoms with Crippen molar-refractivity contribution in [2.24, 2.45) is 0 Å². The number of cyclic esters (lactones) is 2. The van der Waals surface area contributed by atoms with E-state index in [2.05, 4.69) is 4.74 Å². The first-order valence-corrected chi connectivity index (χ1v) is 8.88. The summed E-state index contributed by atoms with van der Waals surface area (Å²) < 4.78 is 9.96. The normalized spacial score (nSPS) is 16.3. The van der Waals surface area contributed by atoms with Crippen molar-refractivity contribution < 1.29 is 23.9 Å². The zero-order valence-electron chi connectivity index (χ0n) is 15.1. The van der Waals surface area contributed by atoms with Crippen molar-refractivity contribution in [2.45, 2.75) is 38.8 Å². The highest BCUT2D eigenvalue weighted by Gasteiger charge is 2.39. The van der Waals surface area contributed by atoms with Gasteiger partial charge in [-0.3, -0.25) is 9.69 Å². The summed E-state index contributed by atoms with van der Waals surface area (Å²) in [5, 5.41) is 0. The maximum Gasteiger partial charge on any atom is 0.422 e. The first-order valence-electron chi connectivity index (χ1n) is 8.88. The molecule has 1 atom stereocenters. The number of aryl methyl sites for hydroxylation is 1. The molecule has 1 fully saturated rings. The smallest absolute Gasteiger partial charge is 0.422 e. The summed E-state index contributed by atoms with van der Waals surface area (Å²) in [6.07, 6.45) is 0.777. The summed E-state index contributed by atoms with van der Waals surface area (Å²) in [6.45, 7) is 1.89. The van der Waals surface area contributed by atoms with Gasteiger partial charge in [-0.1, -0.05) is 48.5 Å². The van der Waals surface area contributed by atoms with Crippen molar-refractivity contribution in [1.82, 2.24) is 0 Å². The van der Waals surface area contributed by atoms with Gasteiger partial charge in [0.05, 0.1) is 5.69 Å². The van der Waals surface area contributed by atoms with Crippen LogP contribution in [0.25, 0.3) is 0 Å². The summed E-state index contributed by atoms with van der Waals surface area (Å²) in [5.41, 5.74) is 2.47. The predicted molar refractivity (Wildman–Crippen MR) is 99.0 cm³/mol. The number of anilines is 1. The molecule has 0 saturated carbocycles. The van der Waals surface area contributed by atoms with E-state index in [1.807, 2.05) is 42.5 Å². The van der Waals surface area contributed by atoms with E-state index in [0.29, 0.717) is 18.5 Å². The van der Waals surface area contributed by atoms with Gasteiger partial charge in [0.2, 0.25) is 0 Å². The Morgan fingerprint density at radius 1 is 1.07 bits per heavy atom. The minimum Gasteiger partial charge on any atom is -0.461 e. The summed E-state index contributed by atoms with van der Waals surface area (Å²) in [7, 11) is 0. The Balaban J connectivity index is 1.55. The number of esters is 2. The fraction of sp³-hybridized carbons (Fsp3) is 0.286. The van der Waals surface area contributed by atoms with Gasteiger partial charge in [0.25, 0.3) is 0 Å². The third kappa shape index (κ3) is 4.53. The molecule has 1 aliphatic rings. The average molecular weight is 367 g/mol. The van der Waals surface area contributed by atoms with Crippen LogP contribution in [0.5, 0.6) is 0 Å². The number of ether oxygens (including phenoxy) is 2. The molecule has 0 bridgehead atoms. The van der Waals surface area contributed by atoms with Crippen LogP contribution in [0.2, 0.25) is 0 Å². The highest BCUT2D eigenvalue weighted by Crippen LogP contribution is 2.28. The second kappa shape index (κ2) is 8.49. The lowest BCUT2D eigenvalue weighted by molar-refractivity contribution is -0.145. The molecule has 0 aliphatic carbocycles. The average Bonchev–Trinajstić information content (AvgIpc) is 2.93. The van der Waals surface area contributed by atoms with E-state index in [9.17, 15) is 14.4 Å². The Hall–Kier alpha value is -3.15. The van der Waals surface area contributed by atoms with E-state index >= 15 is 0 Å². The number of para-hydroxylation sites is 1. The SMILES string of the molecule is CC1C(=O)OC(=O)N1c1ccccc1CCCC(=O)OCc1ccccc1. The van der Waals surface area contributed by atoms with Crippen molar-refractivity contribution in [1.29, 1.82) is 0 Å². The van der Waals surface area contributed by atoms with Crippen LogP contribution in [0.15, 0.2) is 54.6 Å². The standard InChI is InChI=1S/C21H21NO5/c1-15-20(24)27-21(25)22(15)18-12-6-5-10-17(18)11-7-13-19(23)26-14-16-8-3-2-4-9-16/h2-6,8-10,12,15H,7,11,13-14H2,1H3. The maximum absolute atomic E-state index is 12.0. The Morgan fingerprint density at radius 2 is 1.78 bits per heavy atom. The molecule has 6 heteroatoms. The maximum atomic E-state index is 12.0. The number of hydrogen-bond donors (Lipinski definition) is 0. The molecule has 3 rings (SSSR count). The van der Waals surface area contributed by atoms with Gasteiger partial charge in [0.15, 0.2) is 0 Å². The van der Waals surface area contributed by atoms with Gasteiger partial charge in [-0.05, 0) is 37.0 Å². The highest BCUT2D eigenvalue weighted by molar-refractivity contribution is 6.07. The second-order valence-electron chi connectivity index (χ2n) is 6.36. The number of hydrogen-bond acceptors (Lipinski definition) is 5. The molecular weight excluding hydrogens is 346 g/mol. The molecule has 6 nitrogen and oxygen atoms in total. The Labute approximate surface area is 157 Å². The minimum atomic E-state index is -0.665. The fourth-order valence-electron chi connectivity index (χ4n) is 2.98. The topological polar surface area (TPSA) is 72.9 Å². The van der Waals surface area contributed by atoms with Crippen LogP contribution in [0, 0.1) is 0 Å². The summed E-state index contributed by atoms with van der Waals surface area (Å²) >= 11 is 0. The van der Waals surface area contributed by atoms with Crippen molar-refractivity contribution >= 4 is 23.7 Å². The van der Waals surface area contributed by atoms with Gasteiger partial charge in [-0.25, -0.2) is 9.59 Å². The lowest BCUT2D eigenvalue weighted by atomic mass is 10.0. The molecule has 0 aromatic heterocycles. The minimum absolute atomic E-state index is 0.259. The first-order chi connectivity index (χ1) is 13.1. The molecule has 0 radical (unpaired) electrons. The molecule has 0 spiro atoms. The van der Waals surface area contributed by atoms with Gasteiger partial charge in [0, 0.05) is 6.42 Å². The third-order valence-electron chi connectivity index (χ3n) is 4.43. The largest absolute Gasteiger partial charge is 0.461 e. The van der Waals surface area contributed by atoms with Crippen LogP contribution in [0.4, 0.5) is 10.5 Å². The molecule has 1 amide bonds. The monoisotopic (exact) mass is 367 g/mol. The number of carbonyl (C=O) groups excluding carboxylic acids is 3. The van der Waals surface area contributed by atoms with Crippen molar-refractivity contribution in [3.05, 3.63) is 65.7 Å². The van der Waals surface area contributed by atoms with E-state index in [0.717, 1.165) is 11.1 Å². The lowest BCUT2D eigenvalue weighted by Crippen LogP contribution is -2.33.